The second-order valence-corrected chi connectivity index (χ2v) is 12.1. The second-order valence-electron chi connectivity index (χ2n) is 11.7. The number of ether oxygens (including phenoxy) is 3. The van der Waals surface area contributed by atoms with Crippen LogP contribution in [-0.4, -0.2) is 35.7 Å². The smallest absolute Gasteiger partial charge is 0.282 e. The fourth-order valence-electron chi connectivity index (χ4n) is 4.55. The van der Waals surface area contributed by atoms with E-state index in [9.17, 15) is 4.79 Å². The van der Waals surface area contributed by atoms with Crippen molar-refractivity contribution < 1.29 is 14.2 Å². The first-order valence-corrected chi connectivity index (χ1v) is 14.7. The quantitative estimate of drug-likeness (QED) is 0.174. The lowest BCUT2D eigenvalue weighted by atomic mass is 9.96. The molecule has 4 rings (SSSR count). The van der Waals surface area contributed by atoms with E-state index in [1.165, 1.54) is 4.68 Å². The summed E-state index contributed by atoms with van der Waals surface area (Å²) in [5.41, 5.74) is 3.70. The average molecular weight is 590 g/mol. The molecular formula is C34H40ClN3O4. The number of aromatic nitrogens is 2. The highest BCUT2D eigenvalue weighted by molar-refractivity contribution is 6.32. The highest BCUT2D eigenvalue weighted by atomic mass is 35.5. The summed E-state index contributed by atoms with van der Waals surface area (Å²) in [7, 11) is 0. The molecule has 0 aliphatic carbocycles. The lowest BCUT2D eigenvalue weighted by Gasteiger charge is -2.21. The SMILES string of the molecule is CCOc1cc(C)c(-c2nc3ccccc3c(=O)n2N=Cc2cc(Cl)c(OCC(C)(C)C)c(OCC)c2)cc1C(C)C. The molecule has 1 aromatic heterocycles. The van der Waals surface area contributed by atoms with Crippen LogP contribution < -0.4 is 19.8 Å². The lowest BCUT2D eigenvalue weighted by Crippen LogP contribution is -2.21. The lowest BCUT2D eigenvalue weighted by molar-refractivity contribution is 0.189. The Morgan fingerprint density at radius 1 is 1.00 bits per heavy atom. The normalized spacial score (nSPS) is 12.0. The van der Waals surface area contributed by atoms with Crippen molar-refractivity contribution in [1.29, 1.82) is 0 Å². The molecule has 0 aliphatic heterocycles. The summed E-state index contributed by atoms with van der Waals surface area (Å²) in [5, 5.41) is 5.54. The number of aryl methyl sites for hydroxylation is 1. The van der Waals surface area contributed by atoms with Crippen molar-refractivity contribution >= 4 is 28.7 Å². The van der Waals surface area contributed by atoms with E-state index in [1.54, 1.807) is 18.3 Å². The summed E-state index contributed by atoms with van der Waals surface area (Å²) in [4.78, 5) is 18.7. The van der Waals surface area contributed by atoms with Gasteiger partial charge < -0.3 is 14.2 Å². The summed E-state index contributed by atoms with van der Waals surface area (Å²) >= 11 is 6.67. The van der Waals surface area contributed by atoms with Crippen LogP contribution in [0.25, 0.3) is 22.3 Å². The highest BCUT2D eigenvalue weighted by Gasteiger charge is 2.20. The van der Waals surface area contributed by atoms with Gasteiger partial charge in [0.2, 0.25) is 0 Å². The Morgan fingerprint density at radius 3 is 2.36 bits per heavy atom. The van der Waals surface area contributed by atoms with Crippen LogP contribution in [0.15, 0.2) is 58.4 Å². The predicted molar refractivity (Wildman–Crippen MR) is 172 cm³/mol. The predicted octanol–water partition coefficient (Wildman–Crippen LogP) is 8.25. The highest BCUT2D eigenvalue weighted by Crippen LogP contribution is 2.38. The van der Waals surface area contributed by atoms with Gasteiger partial charge in [-0.05, 0) is 85.2 Å². The van der Waals surface area contributed by atoms with Gasteiger partial charge in [0.05, 0.1) is 42.0 Å². The zero-order chi connectivity index (χ0) is 30.6. The van der Waals surface area contributed by atoms with E-state index in [0.29, 0.717) is 58.6 Å². The number of hydrogen-bond acceptors (Lipinski definition) is 6. The van der Waals surface area contributed by atoms with Gasteiger partial charge >= 0.3 is 0 Å². The molecule has 0 amide bonds. The third-order valence-corrected chi connectivity index (χ3v) is 6.86. The zero-order valence-electron chi connectivity index (χ0n) is 25.7. The van der Waals surface area contributed by atoms with Crippen molar-refractivity contribution in [1.82, 2.24) is 9.66 Å². The minimum absolute atomic E-state index is 0.0535. The van der Waals surface area contributed by atoms with E-state index >= 15 is 0 Å². The minimum Gasteiger partial charge on any atom is -0.494 e. The topological polar surface area (TPSA) is 74.9 Å². The van der Waals surface area contributed by atoms with Crippen molar-refractivity contribution in [3.05, 3.63) is 80.6 Å². The van der Waals surface area contributed by atoms with E-state index in [-0.39, 0.29) is 16.9 Å². The van der Waals surface area contributed by atoms with Crippen LogP contribution >= 0.6 is 11.6 Å². The van der Waals surface area contributed by atoms with E-state index in [4.69, 9.17) is 30.8 Å². The molecule has 8 heteroatoms. The monoisotopic (exact) mass is 589 g/mol. The Labute approximate surface area is 253 Å². The van der Waals surface area contributed by atoms with Crippen molar-refractivity contribution in [3.8, 4) is 28.6 Å². The molecule has 0 fully saturated rings. The Morgan fingerprint density at radius 2 is 1.69 bits per heavy atom. The maximum atomic E-state index is 13.8. The summed E-state index contributed by atoms with van der Waals surface area (Å²) in [5.74, 6) is 2.48. The van der Waals surface area contributed by atoms with Gasteiger partial charge in [-0.2, -0.15) is 9.78 Å². The fraction of sp³-hybridized carbons (Fsp3) is 0.382. The molecular weight excluding hydrogens is 550 g/mol. The third kappa shape index (κ3) is 6.96. The Bertz CT molecular complexity index is 1670. The van der Waals surface area contributed by atoms with E-state index in [1.807, 2.05) is 51.1 Å². The largest absolute Gasteiger partial charge is 0.494 e. The molecule has 0 N–H and O–H groups in total. The first kappa shape index (κ1) is 31.1. The molecule has 0 saturated carbocycles. The summed E-state index contributed by atoms with van der Waals surface area (Å²) in [6.07, 6.45) is 1.59. The molecule has 0 atom stereocenters. The van der Waals surface area contributed by atoms with Crippen molar-refractivity contribution in [3.63, 3.8) is 0 Å². The number of halogens is 1. The number of benzene rings is 3. The molecule has 0 bridgehead atoms. The van der Waals surface area contributed by atoms with E-state index in [0.717, 1.165) is 22.4 Å². The second kappa shape index (κ2) is 13.0. The first-order chi connectivity index (χ1) is 19.9. The fourth-order valence-corrected chi connectivity index (χ4v) is 4.83. The molecule has 222 valence electrons. The van der Waals surface area contributed by atoms with Crippen molar-refractivity contribution in [2.75, 3.05) is 19.8 Å². The van der Waals surface area contributed by atoms with Gasteiger partial charge in [0.15, 0.2) is 17.3 Å². The standard InChI is InChI=1S/C34H40ClN3O4/c1-9-40-29-15-22(5)26(18-25(29)21(3)4)32-37-28-14-12-11-13-24(28)33(39)38(32)36-19-23-16-27(35)31(30(17-23)41-10-2)42-20-34(6,7)8/h11-19,21H,9-10,20H2,1-8H3. The number of fused-ring (bicyclic) bond motifs is 1. The van der Waals surface area contributed by atoms with Gasteiger partial charge in [0.25, 0.3) is 5.56 Å². The summed E-state index contributed by atoms with van der Waals surface area (Å²) in [6.45, 7) is 17.8. The van der Waals surface area contributed by atoms with Crippen molar-refractivity contribution in [2.45, 2.75) is 61.3 Å². The van der Waals surface area contributed by atoms with Crippen LogP contribution in [-0.2, 0) is 0 Å². The molecule has 1 heterocycles. The van der Waals surface area contributed by atoms with Gasteiger partial charge in [0.1, 0.15) is 5.75 Å². The maximum absolute atomic E-state index is 13.8. The molecule has 42 heavy (non-hydrogen) atoms. The van der Waals surface area contributed by atoms with Gasteiger partial charge in [-0.1, -0.05) is 58.4 Å². The number of para-hydroxylation sites is 1. The molecule has 3 aromatic carbocycles. The van der Waals surface area contributed by atoms with Crippen LogP contribution in [0.2, 0.25) is 5.02 Å². The minimum atomic E-state index is -0.271. The molecule has 0 spiro atoms. The number of rotatable bonds is 10. The zero-order valence-corrected chi connectivity index (χ0v) is 26.5. The molecule has 0 aliphatic rings. The summed E-state index contributed by atoms with van der Waals surface area (Å²) < 4.78 is 19.2. The number of nitrogens with zero attached hydrogens (tertiary/aromatic N) is 3. The molecule has 0 radical (unpaired) electrons. The third-order valence-electron chi connectivity index (χ3n) is 6.58. The molecule has 7 nitrogen and oxygen atoms in total. The van der Waals surface area contributed by atoms with E-state index < -0.39 is 0 Å². The van der Waals surface area contributed by atoms with Crippen LogP contribution in [0, 0.1) is 12.3 Å². The van der Waals surface area contributed by atoms with Crippen LogP contribution in [0.1, 0.15) is 71.1 Å². The Balaban J connectivity index is 1.88. The molecule has 0 unspecified atom stereocenters. The van der Waals surface area contributed by atoms with Gasteiger partial charge in [-0.15, -0.1) is 0 Å². The first-order valence-electron chi connectivity index (χ1n) is 14.4. The Kier molecular flexibility index (Phi) is 9.62. The van der Waals surface area contributed by atoms with Gasteiger partial charge in [-0.3, -0.25) is 4.79 Å². The van der Waals surface area contributed by atoms with Crippen LogP contribution in [0.3, 0.4) is 0 Å². The van der Waals surface area contributed by atoms with Gasteiger partial charge in [0, 0.05) is 5.56 Å². The van der Waals surface area contributed by atoms with Gasteiger partial charge in [-0.25, -0.2) is 4.98 Å². The van der Waals surface area contributed by atoms with Crippen LogP contribution in [0.4, 0.5) is 0 Å². The van der Waals surface area contributed by atoms with E-state index in [2.05, 4.69) is 45.8 Å². The number of hydrogen-bond donors (Lipinski definition) is 0. The Hall–Kier alpha value is -3.84. The molecule has 0 saturated heterocycles. The maximum Gasteiger partial charge on any atom is 0.282 e. The van der Waals surface area contributed by atoms with Crippen molar-refractivity contribution in [2.24, 2.45) is 10.5 Å². The van der Waals surface area contributed by atoms with Crippen LogP contribution in [0.5, 0.6) is 17.2 Å². The average Bonchev–Trinajstić information content (AvgIpc) is 2.92. The summed E-state index contributed by atoms with van der Waals surface area (Å²) in [6, 6.07) is 14.9. The molecule has 4 aromatic rings.